The van der Waals surface area contributed by atoms with Gasteiger partial charge in [0, 0.05) is 38.5 Å². The predicted octanol–water partition coefficient (Wildman–Crippen LogP) is 3.63. The summed E-state index contributed by atoms with van der Waals surface area (Å²) in [6.07, 6.45) is 11.9. The van der Waals surface area contributed by atoms with E-state index in [1.165, 1.54) is 12.2 Å². The van der Waals surface area contributed by atoms with Crippen molar-refractivity contribution in [3.05, 3.63) is 0 Å². The fourth-order valence-corrected chi connectivity index (χ4v) is 3.91. The monoisotopic (exact) mass is 392 g/mol. The summed E-state index contributed by atoms with van der Waals surface area (Å²) < 4.78 is 10.9. The Kier molecular flexibility index (Phi) is 8.55. The first kappa shape index (κ1) is 22.0. The maximum atomic E-state index is 12.1. The Morgan fingerprint density at radius 1 is 0.679 bits per heavy atom. The van der Waals surface area contributed by atoms with Gasteiger partial charge in [0.05, 0.1) is 0 Å². The molecule has 0 aromatic carbocycles. The molecule has 2 aliphatic carbocycles. The summed E-state index contributed by atoms with van der Waals surface area (Å²) in [4.78, 5) is 53.0. The first-order chi connectivity index (χ1) is 13.5. The molecule has 8 heteroatoms. The Balaban J connectivity index is 1.72. The second-order valence-electron chi connectivity index (χ2n) is 7.58. The van der Waals surface area contributed by atoms with Crippen LogP contribution in [0.1, 0.15) is 89.9 Å². The molecule has 2 aliphatic rings. The number of unbranched alkanes of at least 4 members (excludes halogenated alkanes) is 1. The van der Waals surface area contributed by atoms with E-state index in [-0.39, 0.29) is 12.8 Å². The third-order valence-electron chi connectivity index (χ3n) is 5.39. The standard InChI is InChI=1S/C20H28N2O6/c23-15-21-19(11-5-1-6-12-19)27-17(25)9-3-4-10-18(26)28-20(22-16-24)13-7-2-8-14-20/h1-14H2. The van der Waals surface area contributed by atoms with Crippen molar-refractivity contribution in [2.75, 3.05) is 0 Å². The first-order valence-corrected chi connectivity index (χ1v) is 10.1. The quantitative estimate of drug-likeness (QED) is 0.256. The highest BCUT2D eigenvalue weighted by atomic mass is 16.6. The number of ether oxygens (including phenoxy) is 2. The lowest BCUT2D eigenvalue weighted by atomic mass is 9.92. The van der Waals surface area contributed by atoms with Crippen molar-refractivity contribution in [1.29, 1.82) is 0 Å². The zero-order chi connectivity index (χ0) is 20.3. The van der Waals surface area contributed by atoms with Gasteiger partial charge in [-0.1, -0.05) is 12.8 Å². The van der Waals surface area contributed by atoms with Crippen molar-refractivity contribution in [2.45, 2.75) is 101 Å². The van der Waals surface area contributed by atoms with Crippen molar-refractivity contribution < 1.29 is 28.7 Å². The molecule has 0 amide bonds. The molecule has 0 aromatic rings. The van der Waals surface area contributed by atoms with E-state index in [1.54, 1.807) is 0 Å². The highest BCUT2D eigenvalue weighted by Crippen LogP contribution is 2.34. The molecule has 0 radical (unpaired) electrons. The summed E-state index contributed by atoms with van der Waals surface area (Å²) >= 11 is 0. The molecule has 0 spiro atoms. The van der Waals surface area contributed by atoms with Gasteiger partial charge in [-0.3, -0.25) is 9.59 Å². The van der Waals surface area contributed by atoms with E-state index in [0.29, 0.717) is 38.5 Å². The lowest BCUT2D eigenvalue weighted by Gasteiger charge is -2.31. The van der Waals surface area contributed by atoms with Gasteiger partial charge in [0.15, 0.2) is 0 Å². The maximum Gasteiger partial charge on any atom is 0.307 e. The molecule has 2 saturated carbocycles. The van der Waals surface area contributed by atoms with Gasteiger partial charge in [-0.05, 0) is 38.5 Å². The zero-order valence-electron chi connectivity index (χ0n) is 16.2. The van der Waals surface area contributed by atoms with E-state index in [0.717, 1.165) is 38.5 Å². The first-order valence-electron chi connectivity index (χ1n) is 10.1. The summed E-state index contributed by atoms with van der Waals surface area (Å²) in [7, 11) is 0. The molecule has 154 valence electrons. The molecule has 0 aromatic heterocycles. The molecule has 0 saturated heterocycles. The van der Waals surface area contributed by atoms with Gasteiger partial charge in [-0.2, -0.15) is 9.98 Å². The van der Waals surface area contributed by atoms with Crippen LogP contribution in [0.4, 0.5) is 0 Å². The molecule has 8 nitrogen and oxygen atoms in total. The van der Waals surface area contributed by atoms with Crippen LogP contribution in [0.2, 0.25) is 0 Å². The largest absolute Gasteiger partial charge is 0.436 e. The van der Waals surface area contributed by atoms with Crippen LogP contribution in [-0.4, -0.2) is 35.5 Å². The van der Waals surface area contributed by atoms with Crippen molar-refractivity contribution in [3.8, 4) is 0 Å². The van der Waals surface area contributed by atoms with E-state index in [9.17, 15) is 19.2 Å². The number of isocyanates is 2. The molecule has 2 rings (SSSR count). The fraction of sp³-hybridized carbons (Fsp3) is 0.800. The second kappa shape index (κ2) is 10.9. The Morgan fingerprint density at radius 2 is 1.04 bits per heavy atom. The minimum atomic E-state index is -1.06. The second-order valence-corrected chi connectivity index (χ2v) is 7.58. The van der Waals surface area contributed by atoms with Crippen molar-refractivity contribution in [1.82, 2.24) is 0 Å². The summed E-state index contributed by atoms with van der Waals surface area (Å²) in [5, 5.41) is 0. The molecule has 0 heterocycles. The van der Waals surface area contributed by atoms with Crippen molar-refractivity contribution in [2.24, 2.45) is 9.98 Å². The van der Waals surface area contributed by atoms with E-state index in [2.05, 4.69) is 9.98 Å². The molecule has 0 bridgehead atoms. The summed E-state index contributed by atoms with van der Waals surface area (Å²) in [6, 6.07) is 0. The smallest absolute Gasteiger partial charge is 0.307 e. The van der Waals surface area contributed by atoms with Crippen LogP contribution in [0.3, 0.4) is 0 Å². The van der Waals surface area contributed by atoms with Crippen LogP contribution in [0.25, 0.3) is 0 Å². The number of aliphatic imine (C=N–C) groups is 2. The molecule has 0 aliphatic heterocycles. The number of carbonyl (C=O) groups excluding carboxylic acids is 4. The van der Waals surface area contributed by atoms with Crippen LogP contribution in [0.15, 0.2) is 9.98 Å². The Hall–Kier alpha value is -2.30. The van der Waals surface area contributed by atoms with Gasteiger partial charge in [-0.25, -0.2) is 9.59 Å². The van der Waals surface area contributed by atoms with Crippen molar-refractivity contribution >= 4 is 24.1 Å². The predicted molar refractivity (Wildman–Crippen MR) is 98.5 cm³/mol. The number of hydrogen-bond acceptors (Lipinski definition) is 8. The molecule has 0 unspecified atom stereocenters. The Labute approximate surface area is 164 Å². The van der Waals surface area contributed by atoms with E-state index < -0.39 is 23.4 Å². The average Bonchev–Trinajstić information content (AvgIpc) is 2.67. The van der Waals surface area contributed by atoms with Crippen LogP contribution in [0, 0.1) is 0 Å². The minimum absolute atomic E-state index is 0.140. The molecule has 28 heavy (non-hydrogen) atoms. The van der Waals surface area contributed by atoms with Crippen molar-refractivity contribution in [3.63, 3.8) is 0 Å². The third kappa shape index (κ3) is 6.70. The number of nitrogens with zero attached hydrogens (tertiary/aromatic N) is 2. The summed E-state index contributed by atoms with van der Waals surface area (Å²) in [6.45, 7) is 0. The third-order valence-corrected chi connectivity index (χ3v) is 5.39. The van der Waals surface area contributed by atoms with Gasteiger partial charge in [0.1, 0.15) is 0 Å². The van der Waals surface area contributed by atoms with Crippen LogP contribution < -0.4 is 0 Å². The van der Waals surface area contributed by atoms with Gasteiger partial charge in [0.2, 0.25) is 23.6 Å². The molecular weight excluding hydrogens is 364 g/mol. The van der Waals surface area contributed by atoms with Gasteiger partial charge < -0.3 is 9.47 Å². The van der Waals surface area contributed by atoms with E-state index >= 15 is 0 Å². The highest BCUT2D eigenvalue weighted by molar-refractivity contribution is 5.71. The highest BCUT2D eigenvalue weighted by Gasteiger charge is 2.36. The molecule has 0 N–H and O–H groups in total. The van der Waals surface area contributed by atoms with Gasteiger partial charge in [0.25, 0.3) is 0 Å². The normalized spacial score (nSPS) is 20.1. The van der Waals surface area contributed by atoms with Gasteiger partial charge in [-0.15, -0.1) is 0 Å². The van der Waals surface area contributed by atoms with E-state index in [4.69, 9.17) is 9.47 Å². The number of esters is 2. The van der Waals surface area contributed by atoms with Crippen LogP contribution in [0.5, 0.6) is 0 Å². The topological polar surface area (TPSA) is 111 Å². The lowest BCUT2D eigenvalue weighted by molar-refractivity contribution is -0.164. The van der Waals surface area contributed by atoms with Gasteiger partial charge >= 0.3 is 11.9 Å². The zero-order valence-corrected chi connectivity index (χ0v) is 16.2. The number of hydrogen-bond donors (Lipinski definition) is 0. The Bertz CT molecular complexity index is 581. The Morgan fingerprint density at radius 3 is 1.36 bits per heavy atom. The van der Waals surface area contributed by atoms with Crippen LogP contribution >= 0.6 is 0 Å². The average molecular weight is 392 g/mol. The number of rotatable bonds is 9. The van der Waals surface area contributed by atoms with E-state index in [1.807, 2.05) is 0 Å². The number of carbonyl (C=O) groups is 2. The lowest BCUT2D eigenvalue weighted by Crippen LogP contribution is -2.35. The van der Waals surface area contributed by atoms with Crippen LogP contribution in [-0.2, 0) is 28.7 Å². The maximum absolute atomic E-state index is 12.1. The molecule has 0 atom stereocenters. The minimum Gasteiger partial charge on any atom is -0.436 e. The molecule has 2 fully saturated rings. The summed E-state index contributed by atoms with van der Waals surface area (Å²) in [5.74, 6) is -0.854. The SMILES string of the molecule is O=C=NC1(OC(=O)CCCCC(=O)OC2(N=C=O)CCCCC2)CCCCC1. The summed E-state index contributed by atoms with van der Waals surface area (Å²) in [5.41, 5.74) is -2.12. The molecular formula is C20H28N2O6. The fourth-order valence-electron chi connectivity index (χ4n) is 3.91.